The quantitative estimate of drug-likeness (QED) is 0.778. The van der Waals surface area contributed by atoms with Gasteiger partial charge in [-0.15, -0.1) is 0 Å². The molecule has 0 aliphatic rings. The minimum Gasteiger partial charge on any atom is -0.481 e. The zero-order valence-electron chi connectivity index (χ0n) is 10.9. The van der Waals surface area contributed by atoms with Gasteiger partial charge in [0, 0.05) is 17.3 Å². The standard InChI is InChI=1S/C13H17ClN2O3/c1-8-3-4-10(7-11(8)14)16-13(19)15-6-5-9(2)12(17)18/h3-4,7,9H,5-6H2,1-2H3,(H,17,18)(H2,15,16,19). The number of nitrogens with one attached hydrogen (secondary N) is 2. The Hall–Kier alpha value is -1.75. The summed E-state index contributed by atoms with van der Waals surface area (Å²) in [6.45, 7) is 3.78. The zero-order chi connectivity index (χ0) is 14.4. The summed E-state index contributed by atoms with van der Waals surface area (Å²) in [5.41, 5.74) is 1.53. The van der Waals surface area contributed by atoms with Gasteiger partial charge < -0.3 is 15.7 Å². The second-order valence-electron chi connectivity index (χ2n) is 4.37. The molecule has 0 aliphatic heterocycles. The minimum atomic E-state index is -0.868. The molecule has 1 atom stereocenters. The van der Waals surface area contributed by atoms with Gasteiger partial charge in [0.15, 0.2) is 0 Å². The number of urea groups is 1. The Morgan fingerprint density at radius 3 is 2.68 bits per heavy atom. The van der Waals surface area contributed by atoms with Crippen molar-refractivity contribution in [2.45, 2.75) is 20.3 Å². The summed E-state index contributed by atoms with van der Waals surface area (Å²) in [6, 6.07) is 4.85. The first-order valence-electron chi connectivity index (χ1n) is 5.94. The first-order chi connectivity index (χ1) is 8.90. The van der Waals surface area contributed by atoms with Crippen LogP contribution in [0.1, 0.15) is 18.9 Å². The highest BCUT2D eigenvalue weighted by Crippen LogP contribution is 2.19. The highest BCUT2D eigenvalue weighted by Gasteiger charge is 2.10. The van der Waals surface area contributed by atoms with Crippen molar-refractivity contribution < 1.29 is 14.7 Å². The lowest BCUT2D eigenvalue weighted by Gasteiger charge is -2.10. The van der Waals surface area contributed by atoms with E-state index in [-0.39, 0.29) is 6.03 Å². The molecule has 0 saturated heterocycles. The molecule has 5 nitrogen and oxygen atoms in total. The molecule has 104 valence electrons. The summed E-state index contributed by atoms with van der Waals surface area (Å²) < 4.78 is 0. The van der Waals surface area contributed by atoms with E-state index in [4.69, 9.17) is 16.7 Å². The largest absolute Gasteiger partial charge is 0.481 e. The monoisotopic (exact) mass is 284 g/mol. The fourth-order valence-electron chi connectivity index (χ4n) is 1.37. The van der Waals surface area contributed by atoms with Crippen LogP contribution in [0.2, 0.25) is 5.02 Å². The maximum atomic E-state index is 11.5. The molecule has 1 unspecified atom stereocenters. The second-order valence-corrected chi connectivity index (χ2v) is 4.78. The van der Waals surface area contributed by atoms with Gasteiger partial charge in [0.2, 0.25) is 0 Å². The smallest absolute Gasteiger partial charge is 0.319 e. The number of hydrogen-bond acceptors (Lipinski definition) is 2. The lowest BCUT2D eigenvalue weighted by molar-refractivity contribution is -0.141. The molecule has 1 rings (SSSR count). The van der Waals surface area contributed by atoms with Crippen LogP contribution in [-0.4, -0.2) is 23.7 Å². The number of carboxylic acids is 1. The molecule has 0 fully saturated rings. The summed E-state index contributed by atoms with van der Waals surface area (Å²) in [6.07, 6.45) is 0.386. The molecule has 0 bridgehead atoms. The number of carbonyl (C=O) groups is 2. The molecule has 0 aliphatic carbocycles. The van der Waals surface area contributed by atoms with Gasteiger partial charge in [0.1, 0.15) is 0 Å². The highest BCUT2D eigenvalue weighted by atomic mass is 35.5. The minimum absolute atomic E-state index is 0.304. The molecule has 6 heteroatoms. The second kappa shape index (κ2) is 6.99. The summed E-state index contributed by atoms with van der Waals surface area (Å²) in [7, 11) is 0. The van der Waals surface area contributed by atoms with Crippen molar-refractivity contribution in [3.05, 3.63) is 28.8 Å². The number of halogens is 1. The number of aryl methyl sites for hydroxylation is 1. The van der Waals surface area contributed by atoms with Crippen LogP contribution < -0.4 is 10.6 Å². The molecule has 1 aromatic rings. The van der Waals surface area contributed by atoms with Crippen LogP contribution in [0, 0.1) is 12.8 Å². The van der Waals surface area contributed by atoms with Crippen molar-refractivity contribution in [3.63, 3.8) is 0 Å². The predicted octanol–water partition coefficient (Wildman–Crippen LogP) is 2.88. The zero-order valence-corrected chi connectivity index (χ0v) is 11.6. The van der Waals surface area contributed by atoms with Crippen molar-refractivity contribution in [1.82, 2.24) is 5.32 Å². The fraction of sp³-hybridized carbons (Fsp3) is 0.385. The van der Waals surface area contributed by atoms with Gasteiger partial charge in [-0.2, -0.15) is 0 Å². The lowest BCUT2D eigenvalue weighted by Crippen LogP contribution is -2.31. The van der Waals surface area contributed by atoms with E-state index in [9.17, 15) is 9.59 Å². The number of hydrogen-bond donors (Lipinski definition) is 3. The van der Waals surface area contributed by atoms with Gasteiger partial charge in [-0.3, -0.25) is 4.79 Å². The molecule has 2 amide bonds. The summed E-state index contributed by atoms with van der Waals surface area (Å²) in [5, 5.41) is 14.5. The van der Waals surface area contributed by atoms with Gasteiger partial charge in [-0.05, 0) is 31.0 Å². The molecule has 0 saturated carbocycles. The SMILES string of the molecule is Cc1ccc(NC(=O)NCCC(C)C(=O)O)cc1Cl. The average molecular weight is 285 g/mol. The van der Waals surface area contributed by atoms with Crippen molar-refractivity contribution >= 4 is 29.3 Å². The van der Waals surface area contributed by atoms with Crippen molar-refractivity contribution in [2.24, 2.45) is 5.92 Å². The van der Waals surface area contributed by atoms with Crippen LogP contribution in [0.5, 0.6) is 0 Å². The molecule has 1 aromatic carbocycles. The van der Waals surface area contributed by atoms with E-state index < -0.39 is 11.9 Å². The number of rotatable bonds is 5. The van der Waals surface area contributed by atoms with Gasteiger partial charge in [-0.1, -0.05) is 24.6 Å². The summed E-state index contributed by atoms with van der Waals surface area (Å²) in [5.74, 6) is -1.35. The van der Waals surface area contributed by atoms with Crippen LogP contribution in [0.3, 0.4) is 0 Å². The first kappa shape index (κ1) is 15.3. The van der Waals surface area contributed by atoms with Crippen molar-refractivity contribution in [3.8, 4) is 0 Å². The van der Waals surface area contributed by atoms with E-state index in [1.54, 1.807) is 19.1 Å². The fourth-order valence-corrected chi connectivity index (χ4v) is 1.55. The van der Waals surface area contributed by atoms with E-state index in [0.717, 1.165) is 5.56 Å². The van der Waals surface area contributed by atoms with Crippen LogP contribution in [-0.2, 0) is 4.79 Å². The van der Waals surface area contributed by atoms with Gasteiger partial charge >= 0.3 is 12.0 Å². The summed E-state index contributed by atoms with van der Waals surface area (Å²) in [4.78, 5) is 22.1. The summed E-state index contributed by atoms with van der Waals surface area (Å²) >= 11 is 5.94. The van der Waals surface area contributed by atoms with Crippen molar-refractivity contribution in [2.75, 3.05) is 11.9 Å². The Morgan fingerprint density at radius 2 is 2.11 bits per heavy atom. The normalized spacial score (nSPS) is 11.7. The Morgan fingerprint density at radius 1 is 1.42 bits per heavy atom. The Balaban J connectivity index is 2.39. The molecular formula is C13H17ClN2O3. The van der Waals surface area contributed by atoms with Gasteiger partial charge in [0.25, 0.3) is 0 Å². The number of carboxylic acid groups (broad SMARTS) is 1. The first-order valence-corrected chi connectivity index (χ1v) is 6.31. The van der Waals surface area contributed by atoms with Crippen LogP contribution in [0.25, 0.3) is 0 Å². The number of benzene rings is 1. The van der Waals surface area contributed by atoms with E-state index in [2.05, 4.69) is 10.6 Å². The number of anilines is 1. The van der Waals surface area contributed by atoms with Crippen molar-refractivity contribution in [1.29, 1.82) is 0 Å². The average Bonchev–Trinajstić information content (AvgIpc) is 2.33. The van der Waals surface area contributed by atoms with Gasteiger partial charge in [0.05, 0.1) is 5.92 Å². The molecule has 0 radical (unpaired) electrons. The molecule has 19 heavy (non-hydrogen) atoms. The maximum Gasteiger partial charge on any atom is 0.319 e. The maximum absolute atomic E-state index is 11.5. The lowest BCUT2D eigenvalue weighted by atomic mass is 10.1. The molecular weight excluding hydrogens is 268 g/mol. The number of carbonyl (C=O) groups excluding carboxylic acids is 1. The third-order valence-corrected chi connectivity index (χ3v) is 3.12. The number of amides is 2. The Kier molecular flexibility index (Phi) is 5.63. The number of aliphatic carboxylic acids is 1. The van der Waals surface area contributed by atoms with Crippen LogP contribution in [0.15, 0.2) is 18.2 Å². The van der Waals surface area contributed by atoms with E-state index in [1.165, 1.54) is 0 Å². The van der Waals surface area contributed by atoms with E-state index in [0.29, 0.717) is 23.7 Å². The third kappa shape index (κ3) is 5.18. The molecule has 0 spiro atoms. The molecule has 3 N–H and O–H groups in total. The predicted molar refractivity (Wildman–Crippen MR) is 74.6 cm³/mol. The molecule has 0 aromatic heterocycles. The third-order valence-electron chi connectivity index (χ3n) is 2.71. The molecule has 0 heterocycles. The van der Waals surface area contributed by atoms with Crippen LogP contribution in [0.4, 0.5) is 10.5 Å². The van der Waals surface area contributed by atoms with Crippen LogP contribution >= 0.6 is 11.6 Å². The highest BCUT2D eigenvalue weighted by molar-refractivity contribution is 6.31. The Labute approximate surface area is 117 Å². The van der Waals surface area contributed by atoms with E-state index >= 15 is 0 Å². The topological polar surface area (TPSA) is 78.4 Å². The van der Waals surface area contributed by atoms with Gasteiger partial charge in [-0.25, -0.2) is 4.79 Å². The Bertz CT molecular complexity index is 477. The van der Waals surface area contributed by atoms with E-state index in [1.807, 2.05) is 13.0 Å².